The minimum Gasteiger partial charge on any atom is -0.516 e. The fraction of sp³-hybridized carbons (Fsp3) is 0.800. The molecule has 0 aromatic heterocycles. The number of allylic oxidation sites excluding steroid dienone is 1. The molecule has 0 unspecified atom stereocenters. The van der Waals surface area contributed by atoms with Gasteiger partial charge in [0.05, 0.1) is 6.26 Å². The van der Waals surface area contributed by atoms with E-state index >= 15 is 0 Å². The third-order valence-electron chi connectivity index (χ3n) is 3.72. The fourth-order valence-electron chi connectivity index (χ4n) is 2.16. The van der Waals surface area contributed by atoms with Gasteiger partial charge in [-0.15, -0.1) is 0 Å². The summed E-state index contributed by atoms with van der Waals surface area (Å²) in [7, 11) is 0. The number of aliphatic hydroxyl groups excluding tert-OH is 2. The van der Waals surface area contributed by atoms with Gasteiger partial charge >= 0.3 is 0 Å². The van der Waals surface area contributed by atoms with Crippen LogP contribution in [0.5, 0.6) is 0 Å². The van der Waals surface area contributed by atoms with Gasteiger partial charge in [-0.05, 0) is 31.3 Å². The van der Waals surface area contributed by atoms with E-state index in [0.29, 0.717) is 0 Å². The van der Waals surface area contributed by atoms with Crippen LogP contribution in [0.3, 0.4) is 0 Å². The lowest BCUT2D eigenvalue weighted by Gasteiger charge is -2.02. The van der Waals surface area contributed by atoms with Crippen LogP contribution < -0.4 is 0 Å². The molecule has 2 nitrogen and oxygen atoms in total. The van der Waals surface area contributed by atoms with Crippen molar-refractivity contribution in [2.45, 2.75) is 104 Å². The van der Waals surface area contributed by atoms with Crippen molar-refractivity contribution >= 4 is 0 Å². The van der Waals surface area contributed by atoms with Crippen molar-refractivity contribution in [3.63, 3.8) is 0 Å². The number of unbranched alkanes of at least 4 members (excludes halogenated alkanes) is 9. The summed E-state index contributed by atoms with van der Waals surface area (Å²) in [6.07, 6.45) is 19.0. The summed E-state index contributed by atoms with van der Waals surface area (Å²) in [5.41, 5.74) is 1.19. The van der Waals surface area contributed by atoms with E-state index in [2.05, 4.69) is 26.7 Å². The van der Waals surface area contributed by atoms with Gasteiger partial charge < -0.3 is 10.2 Å². The van der Waals surface area contributed by atoms with Crippen molar-refractivity contribution < 1.29 is 10.2 Å². The van der Waals surface area contributed by atoms with Crippen LogP contribution in [0.15, 0.2) is 11.8 Å². The van der Waals surface area contributed by atoms with Crippen molar-refractivity contribution in [3.8, 4) is 12.0 Å². The maximum absolute atomic E-state index is 8.80. The Labute approximate surface area is 139 Å². The zero-order valence-electron chi connectivity index (χ0n) is 15.2. The van der Waals surface area contributed by atoms with Gasteiger partial charge in [-0.25, -0.2) is 0 Å². The summed E-state index contributed by atoms with van der Waals surface area (Å²) in [4.78, 5) is 0. The molecule has 0 amide bonds. The Hall–Kier alpha value is -1.10. The lowest BCUT2D eigenvalue weighted by Crippen LogP contribution is -1.84. The predicted octanol–water partition coefficient (Wildman–Crippen LogP) is 6.88. The molecule has 130 valence electrons. The molecule has 0 atom stereocenters. The number of aliphatic hydroxyl groups is 2. The van der Waals surface area contributed by atoms with E-state index in [1.807, 2.05) is 6.11 Å². The summed E-state index contributed by atoms with van der Waals surface area (Å²) in [5, 5.41) is 16.9. The van der Waals surface area contributed by atoms with Crippen LogP contribution in [0.25, 0.3) is 0 Å². The second kappa shape index (κ2) is 22.2. The number of hydrogen-bond donors (Lipinski definition) is 2. The van der Waals surface area contributed by atoms with Gasteiger partial charge in [0.2, 0.25) is 0 Å². The molecule has 0 aliphatic carbocycles. The molecule has 0 aliphatic rings. The molecule has 22 heavy (non-hydrogen) atoms. The van der Waals surface area contributed by atoms with Crippen LogP contribution >= 0.6 is 0 Å². The molecule has 0 rings (SSSR count). The van der Waals surface area contributed by atoms with Crippen molar-refractivity contribution in [2.24, 2.45) is 0 Å². The van der Waals surface area contributed by atoms with E-state index in [9.17, 15) is 0 Å². The highest BCUT2D eigenvalue weighted by atomic mass is 16.2. The molecule has 0 heterocycles. The first-order chi connectivity index (χ1) is 10.8. The molecule has 0 aromatic rings. The highest BCUT2D eigenvalue weighted by molar-refractivity contribution is 4.95. The molecule has 0 aliphatic heterocycles. The Morgan fingerprint density at radius 1 is 0.818 bits per heavy atom. The van der Waals surface area contributed by atoms with Gasteiger partial charge in [0.1, 0.15) is 6.11 Å². The quantitative estimate of drug-likeness (QED) is 0.234. The van der Waals surface area contributed by atoms with E-state index in [1.54, 1.807) is 0 Å². The van der Waals surface area contributed by atoms with E-state index in [-0.39, 0.29) is 0 Å². The van der Waals surface area contributed by atoms with E-state index in [1.165, 1.54) is 69.6 Å². The second-order valence-electron chi connectivity index (χ2n) is 5.76. The SMILES string of the molecule is CCCCCCC#CO.CCCCCCCCC(=CO)CC. The summed E-state index contributed by atoms with van der Waals surface area (Å²) in [6.45, 7) is 6.51. The minimum atomic E-state index is 0.844. The van der Waals surface area contributed by atoms with Gasteiger partial charge in [0.15, 0.2) is 0 Å². The first-order valence-corrected chi connectivity index (χ1v) is 9.20. The molecule has 0 fully saturated rings. The maximum atomic E-state index is 8.80. The highest BCUT2D eigenvalue weighted by Crippen LogP contribution is 2.13. The fourth-order valence-corrected chi connectivity index (χ4v) is 2.16. The molecule has 0 saturated carbocycles. The van der Waals surface area contributed by atoms with Crippen molar-refractivity contribution in [1.82, 2.24) is 0 Å². The van der Waals surface area contributed by atoms with Crippen LogP contribution in [0.4, 0.5) is 0 Å². The van der Waals surface area contributed by atoms with Crippen LogP contribution in [-0.2, 0) is 0 Å². The Morgan fingerprint density at radius 2 is 1.36 bits per heavy atom. The van der Waals surface area contributed by atoms with E-state index < -0.39 is 0 Å². The topological polar surface area (TPSA) is 40.5 Å². The van der Waals surface area contributed by atoms with E-state index in [4.69, 9.17) is 10.2 Å². The Balaban J connectivity index is 0. The first-order valence-electron chi connectivity index (χ1n) is 9.20. The number of hydrogen-bond acceptors (Lipinski definition) is 2. The van der Waals surface area contributed by atoms with Crippen molar-refractivity contribution in [2.75, 3.05) is 0 Å². The average Bonchev–Trinajstić information content (AvgIpc) is 2.55. The summed E-state index contributed by atoms with van der Waals surface area (Å²) >= 11 is 0. The molecule has 0 saturated heterocycles. The smallest absolute Gasteiger partial charge is 0.107 e. The average molecular weight is 311 g/mol. The first kappa shape index (κ1) is 23.2. The zero-order chi connectivity index (χ0) is 16.9. The number of rotatable bonds is 12. The standard InChI is InChI=1S/C12H24O.C8H14O/c1-3-5-6-7-8-9-10-12(4-2)11-13;1-2-3-4-5-6-7-8-9/h11,13H,3-10H2,1-2H3;9H,2-6H2,1H3. The second-order valence-corrected chi connectivity index (χ2v) is 5.76. The maximum Gasteiger partial charge on any atom is 0.107 e. The summed E-state index contributed by atoms with van der Waals surface area (Å²) in [6, 6.07) is 0. The van der Waals surface area contributed by atoms with Gasteiger partial charge in [-0.2, -0.15) is 0 Å². The largest absolute Gasteiger partial charge is 0.516 e. The van der Waals surface area contributed by atoms with Crippen LogP contribution in [0, 0.1) is 12.0 Å². The molecule has 0 radical (unpaired) electrons. The highest BCUT2D eigenvalue weighted by Gasteiger charge is 1.94. The van der Waals surface area contributed by atoms with E-state index in [0.717, 1.165) is 25.7 Å². The summed E-state index contributed by atoms with van der Waals surface area (Å²) < 4.78 is 0. The normalized spacial score (nSPS) is 10.4. The minimum absolute atomic E-state index is 0.844. The Kier molecular flexibility index (Phi) is 23.4. The van der Waals surface area contributed by atoms with Crippen molar-refractivity contribution in [3.05, 3.63) is 11.8 Å². The van der Waals surface area contributed by atoms with Gasteiger partial charge in [0.25, 0.3) is 0 Å². The van der Waals surface area contributed by atoms with Crippen LogP contribution in [0.1, 0.15) is 104 Å². The molecular weight excluding hydrogens is 272 g/mol. The predicted molar refractivity (Wildman–Crippen MR) is 97.5 cm³/mol. The molecule has 0 aromatic carbocycles. The zero-order valence-corrected chi connectivity index (χ0v) is 15.2. The molecule has 0 bridgehead atoms. The van der Waals surface area contributed by atoms with Crippen molar-refractivity contribution in [1.29, 1.82) is 0 Å². The van der Waals surface area contributed by atoms with Gasteiger partial charge in [-0.1, -0.05) is 78.1 Å². The third kappa shape index (κ3) is 21.2. The van der Waals surface area contributed by atoms with Crippen LogP contribution in [0.2, 0.25) is 0 Å². The molecule has 0 spiro atoms. The Morgan fingerprint density at radius 3 is 1.86 bits per heavy atom. The van der Waals surface area contributed by atoms with Gasteiger partial charge in [0, 0.05) is 6.42 Å². The Bertz CT molecular complexity index is 284. The lowest BCUT2D eigenvalue weighted by atomic mass is 10.0. The molecule has 2 heteroatoms. The lowest BCUT2D eigenvalue weighted by molar-refractivity contribution is 0.459. The van der Waals surface area contributed by atoms with Gasteiger partial charge in [-0.3, -0.25) is 0 Å². The molecular formula is C20H38O2. The third-order valence-corrected chi connectivity index (χ3v) is 3.72. The monoisotopic (exact) mass is 310 g/mol. The molecule has 2 N–H and O–H groups in total. The summed E-state index contributed by atoms with van der Waals surface area (Å²) in [5.74, 6) is 2.61. The van der Waals surface area contributed by atoms with Crippen LogP contribution in [-0.4, -0.2) is 10.2 Å².